The Labute approximate surface area is 96.4 Å². The zero-order valence-electron chi connectivity index (χ0n) is 8.96. The number of fused-ring (bicyclic) bond motifs is 1. The van der Waals surface area contributed by atoms with E-state index in [0.29, 0.717) is 12.4 Å². The van der Waals surface area contributed by atoms with Gasteiger partial charge in [-0.05, 0) is 25.0 Å². The minimum Gasteiger partial charge on any atom is -0.498 e. The highest BCUT2D eigenvalue weighted by Crippen LogP contribution is 2.36. The number of halogens is 3. The standard InChI is InChI=1S/C12H11F3O2/c13-12(14,15)10-3-1-8-5-6-17-11(8)4-2-9(10)7-16/h2-4,7-8H,1,5-6H2/b9-2-,10-3+,11-4+. The predicted molar refractivity (Wildman–Crippen MR) is 55.0 cm³/mol. The second-order valence-electron chi connectivity index (χ2n) is 3.99. The first kappa shape index (κ1) is 12.0. The topological polar surface area (TPSA) is 26.3 Å². The molecule has 0 aromatic rings. The van der Waals surface area contributed by atoms with Crippen molar-refractivity contribution in [3.63, 3.8) is 0 Å². The third-order valence-electron chi connectivity index (χ3n) is 2.91. The van der Waals surface area contributed by atoms with E-state index in [2.05, 4.69) is 0 Å². The number of alkyl halides is 3. The summed E-state index contributed by atoms with van der Waals surface area (Å²) < 4.78 is 43.4. The molecule has 0 saturated carbocycles. The molecule has 1 heterocycles. The van der Waals surface area contributed by atoms with Gasteiger partial charge in [-0.25, -0.2) is 0 Å². The van der Waals surface area contributed by atoms with Gasteiger partial charge in [-0.2, -0.15) is 13.2 Å². The molecule has 2 nitrogen and oxygen atoms in total. The van der Waals surface area contributed by atoms with E-state index < -0.39 is 11.7 Å². The van der Waals surface area contributed by atoms with Crippen LogP contribution in [0.5, 0.6) is 0 Å². The number of carbonyl (C=O) groups excluding carboxylic acids is 1. The van der Waals surface area contributed by atoms with Crippen LogP contribution in [0.4, 0.5) is 13.2 Å². The van der Waals surface area contributed by atoms with Gasteiger partial charge in [0.15, 0.2) is 6.29 Å². The lowest BCUT2D eigenvalue weighted by Gasteiger charge is -2.15. The lowest BCUT2D eigenvalue weighted by Crippen LogP contribution is -2.16. The van der Waals surface area contributed by atoms with Crippen LogP contribution in [0.25, 0.3) is 0 Å². The summed E-state index contributed by atoms with van der Waals surface area (Å²) in [5.41, 5.74) is -1.20. The van der Waals surface area contributed by atoms with Gasteiger partial charge in [0, 0.05) is 11.5 Å². The van der Waals surface area contributed by atoms with Crippen molar-refractivity contribution in [3.05, 3.63) is 35.1 Å². The Kier molecular flexibility index (Phi) is 3.09. The molecule has 0 aromatic heterocycles. The molecule has 1 saturated heterocycles. The molecule has 2 rings (SSSR count). The van der Waals surface area contributed by atoms with Gasteiger partial charge in [0.2, 0.25) is 0 Å². The summed E-state index contributed by atoms with van der Waals surface area (Å²) in [4.78, 5) is 10.7. The summed E-state index contributed by atoms with van der Waals surface area (Å²) in [5.74, 6) is 0.665. The number of carbonyl (C=O) groups is 1. The van der Waals surface area contributed by atoms with E-state index in [9.17, 15) is 18.0 Å². The SMILES string of the molecule is O=CC1=C/C=C2/OCCC2C/C=C\1C(F)(F)F. The van der Waals surface area contributed by atoms with Crippen molar-refractivity contribution >= 4 is 6.29 Å². The fourth-order valence-electron chi connectivity index (χ4n) is 2.02. The average Bonchev–Trinajstić information content (AvgIpc) is 2.63. The van der Waals surface area contributed by atoms with Crippen molar-refractivity contribution in [2.75, 3.05) is 6.61 Å². The molecular formula is C12H11F3O2. The molecule has 92 valence electrons. The first-order valence-electron chi connectivity index (χ1n) is 5.30. The molecule has 0 radical (unpaired) electrons. The first-order chi connectivity index (χ1) is 8.02. The average molecular weight is 244 g/mol. The summed E-state index contributed by atoms with van der Waals surface area (Å²) in [7, 11) is 0. The molecule has 1 fully saturated rings. The molecule has 1 unspecified atom stereocenters. The number of hydrogen-bond acceptors (Lipinski definition) is 2. The largest absolute Gasteiger partial charge is 0.498 e. The smallest absolute Gasteiger partial charge is 0.416 e. The summed E-state index contributed by atoms with van der Waals surface area (Å²) >= 11 is 0. The lowest BCUT2D eigenvalue weighted by atomic mass is 9.94. The fraction of sp³-hybridized carbons (Fsp3) is 0.417. The second-order valence-corrected chi connectivity index (χ2v) is 3.99. The molecule has 2 aliphatic rings. The zero-order chi connectivity index (χ0) is 12.5. The highest BCUT2D eigenvalue weighted by Gasteiger charge is 2.36. The van der Waals surface area contributed by atoms with Gasteiger partial charge in [0.25, 0.3) is 0 Å². The van der Waals surface area contributed by atoms with Crippen molar-refractivity contribution in [2.24, 2.45) is 5.92 Å². The van der Waals surface area contributed by atoms with Crippen LogP contribution in [-0.4, -0.2) is 19.1 Å². The van der Waals surface area contributed by atoms with Gasteiger partial charge in [0.05, 0.1) is 17.9 Å². The van der Waals surface area contributed by atoms with E-state index in [0.717, 1.165) is 12.5 Å². The molecule has 0 amide bonds. The van der Waals surface area contributed by atoms with Gasteiger partial charge in [-0.15, -0.1) is 0 Å². The van der Waals surface area contributed by atoms with E-state index in [1.807, 2.05) is 0 Å². The number of aldehydes is 1. The number of ether oxygens (including phenoxy) is 1. The molecule has 0 N–H and O–H groups in total. The normalized spacial score (nSPS) is 33.8. The number of hydrogen-bond donors (Lipinski definition) is 0. The minimum atomic E-state index is -4.49. The van der Waals surface area contributed by atoms with Gasteiger partial charge >= 0.3 is 6.18 Å². The van der Waals surface area contributed by atoms with Crippen LogP contribution in [0.15, 0.2) is 35.1 Å². The van der Waals surface area contributed by atoms with Gasteiger partial charge in [0.1, 0.15) is 0 Å². The molecule has 1 atom stereocenters. The maximum Gasteiger partial charge on any atom is 0.416 e. The van der Waals surface area contributed by atoms with Crippen LogP contribution >= 0.6 is 0 Å². The van der Waals surface area contributed by atoms with Gasteiger partial charge < -0.3 is 4.74 Å². The molecule has 0 bridgehead atoms. The molecule has 1 aliphatic carbocycles. The predicted octanol–water partition coefficient (Wildman–Crippen LogP) is 2.92. The van der Waals surface area contributed by atoms with Crippen LogP contribution in [0.1, 0.15) is 12.8 Å². The van der Waals surface area contributed by atoms with Crippen molar-refractivity contribution in [2.45, 2.75) is 19.0 Å². The van der Waals surface area contributed by atoms with Crippen LogP contribution in [-0.2, 0) is 9.53 Å². The quantitative estimate of drug-likeness (QED) is 0.663. The maximum atomic E-state index is 12.7. The molecule has 1 aliphatic heterocycles. The summed E-state index contributed by atoms with van der Waals surface area (Å²) in [6, 6.07) is 0. The zero-order valence-corrected chi connectivity index (χ0v) is 8.96. The molecule has 17 heavy (non-hydrogen) atoms. The van der Waals surface area contributed by atoms with Crippen LogP contribution < -0.4 is 0 Å². The Morgan fingerprint density at radius 2 is 2.12 bits per heavy atom. The number of rotatable bonds is 1. The molecule has 0 aromatic carbocycles. The van der Waals surface area contributed by atoms with Crippen molar-refractivity contribution < 1.29 is 22.7 Å². The van der Waals surface area contributed by atoms with E-state index in [-0.39, 0.29) is 24.2 Å². The van der Waals surface area contributed by atoms with E-state index in [1.165, 1.54) is 12.2 Å². The van der Waals surface area contributed by atoms with E-state index in [4.69, 9.17) is 4.74 Å². The van der Waals surface area contributed by atoms with E-state index >= 15 is 0 Å². The Balaban J connectivity index is 2.40. The Hall–Kier alpha value is -1.52. The molecule has 0 spiro atoms. The Morgan fingerprint density at radius 1 is 1.35 bits per heavy atom. The second kappa shape index (κ2) is 4.39. The minimum absolute atomic E-state index is 0.00296. The molecule has 5 heteroatoms. The highest BCUT2D eigenvalue weighted by molar-refractivity contribution is 5.81. The van der Waals surface area contributed by atoms with Crippen LogP contribution in [0.2, 0.25) is 0 Å². The summed E-state index contributed by atoms with van der Waals surface area (Å²) in [5, 5.41) is 0. The van der Waals surface area contributed by atoms with Crippen LogP contribution in [0, 0.1) is 5.92 Å². The van der Waals surface area contributed by atoms with E-state index in [1.54, 1.807) is 0 Å². The third kappa shape index (κ3) is 2.43. The molecular weight excluding hydrogens is 233 g/mol. The maximum absolute atomic E-state index is 12.7. The van der Waals surface area contributed by atoms with Crippen molar-refractivity contribution in [1.82, 2.24) is 0 Å². The van der Waals surface area contributed by atoms with Crippen molar-refractivity contribution in [3.8, 4) is 0 Å². The third-order valence-corrected chi connectivity index (χ3v) is 2.91. The van der Waals surface area contributed by atoms with Crippen molar-refractivity contribution in [1.29, 1.82) is 0 Å². The number of allylic oxidation sites excluding steroid dienone is 6. The summed E-state index contributed by atoms with van der Waals surface area (Å²) in [6.07, 6.45) is 0.457. The highest BCUT2D eigenvalue weighted by atomic mass is 19.4. The van der Waals surface area contributed by atoms with Crippen LogP contribution in [0.3, 0.4) is 0 Å². The first-order valence-corrected chi connectivity index (χ1v) is 5.30. The monoisotopic (exact) mass is 244 g/mol. The lowest BCUT2D eigenvalue weighted by molar-refractivity contribution is -0.108. The van der Waals surface area contributed by atoms with Gasteiger partial charge in [-0.1, -0.05) is 6.08 Å². The Morgan fingerprint density at radius 3 is 2.76 bits per heavy atom. The fourth-order valence-corrected chi connectivity index (χ4v) is 2.02. The Bertz CT molecular complexity index is 416. The summed E-state index contributed by atoms with van der Waals surface area (Å²) in [6.45, 7) is 0.524. The van der Waals surface area contributed by atoms with Gasteiger partial charge in [-0.3, -0.25) is 4.79 Å².